The highest BCUT2D eigenvalue weighted by Gasteiger charge is 2.29. The summed E-state index contributed by atoms with van der Waals surface area (Å²) < 4.78 is 30.7. The van der Waals surface area contributed by atoms with E-state index < -0.39 is 6.43 Å². The third-order valence-electron chi connectivity index (χ3n) is 5.82. The summed E-state index contributed by atoms with van der Waals surface area (Å²) in [4.78, 5) is 27.4. The highest BCUT2D eigenvalue weighted by molar-refractivity contribution is 5.93. The molecule has 0 atom stereocenters. The van der Waals surface area contributed by atoms with Gasteiger partial charge < -0.3 is 9.73 Å². The van der Waals surface area contributed by atoms with Gasteiger partial charge in [-0.15, -0.1) is 0 Å². The van der Waals surface area contributed by atoms with Gasteiger partial charge in [-0.2, -0.15) is 0 Å². The molecule has 3 aromatic heterocycles. The first-order valence-electron chi connectivity index (χ1n) is 10.4. The lowest BCUT2D eigenvalue weighted by Gasteiger charge is -2.33. The van der Waals surface area contributed by atoms with Crippen molar-refractivity contribution in [3.63, 3.8) is 0 Å². The van der Waals surface area contributed by atoms with Crippen LogP contribution >= 0.6 is 0 Å². The predicted octanol–water partition coefficient (Wildman–Crippen LogP) is 4.29. The van der Waals surface area contributed by atoms with Crippen LogP contribution in [0.2, 0.25) is 0 Å². The molecule has 1 saturated carbocycles. The fourth-order valence-corrected chi connectivity index (χ4v) is 4.08. The van der Waals surface area contributed by atoms with E-state index in [2.05, 4.69) is 20.3 Å². The Labute approximate surface area is 178 Å². The van der Waals surface area contributed by atoms with Crippen molar-refractivity contribution in [1.82, 2.24) is 19.9 Å². The second-order valence-electron chi connectivity index (χ2n) is 8.03. The topological polar surface area (TPSA) is 84.2 Å². The van der Waals surface area contributed by atoms with Crippen molar-refractivity contribution in [2.24, 2.45) is 5.92 Å². The molecule has 0 spiro atoms. The molecule has 1 N–H and O–H groups in total. The van der Waals surface area contributed by atoms with E-state index in [9.17, 15) is 13.6 Å². The van der Waals surface area contributed by atoms with Crippen molar-refractivity contribution in [3.8, 4) is 11.5 Å². The maximum Gasteiger partial charge on any atom is 0.251 e. The van der Waals surface area contributed by atoms with Crippen LogP contribution in [0.4, 0.5) is 14.6 Å². The lowest BCUT2D eigenvalue weighted by Crippen LogP contribution is -2.39. The van der Waals surface area contributed by atoms with Crippen molar-refractivity contribution >= 4 is 22.6 Å². The standard InChI is InChI=1S/C22H25F2N5O2/c1-13-25-11-19(31-13)17-8-5-15-10-26-21(9-18(15)27-17)28-22(30)14-3-6-16(7-4-14)29(2)12-20(23)24/h5,8-11,14,16,20H,3-4,6-7,12H2,1-2H3,(H,26,28,30)/t14-,16-. The molecule has 9 heteroatoms. The lowest BCUT2D eigenvalue weighted by atomic mass is 9.85. The number of aromatic nitrogens is 3. The normalized spacial score (nSPS) is 19.3. The molecular weight excluding hydrogens is 404 g/mol. The zero-order valence-electron chi connectivity index (χ0n) is 17.5. The van der Waals surface area contributed by atoms with Gasteiger partial charge in [0.15, 0.2) is 11.7 Å². The van der Waals surface area contributed by atoms with Gasteiger partial charge in [-0.05, 0) is 44.9 Å². The smallest absolute Gasteiger partial charge is 0.251 e. The summed E-state index contributed by atoms with van der Waals surface area (Å²) in [5.41, 5.74) is 1.34. The number of nitrogens with one attached hydrogen (secondary N) is 1. The molecule has 0 aromatic carbocycles. The number of oxazole rings is 1. The zero-order chi connectivity index (χ0) is 22.0. The van der Waals surface area contributed by atoms with Gasteiger partial charge >= 0.3 is 0 Å². The minimum absolute atomic E-state index is 0.0937. The average Bonchev–Trinajstić information content (AvgIpc) is 3.19. The quantitative estimate of drug-likeness (QED) is 0.629. The maximum absolute atomic E-state index is 12.7. The van der Waals surface area contributed by atoms with E-state index in [1.54, 1.807) is 37.3 Å². The number of hydrogen-bond acceptors (Lipinski definition) is 6. The lowest BCUT2D eigenvalue weighted by molar-refractivity contribution is -0.121. The number of alkyl halides is 2. The Morgan fingerprint density at radius 2 is 2.00 bits per heavy atom. The zero-order valence-corrected chi connectivity index (χ0v) is 17.5. The number of fused-ring (bicyclic) bond motifs is 1. The Hall–Kier alpha value is -2.94. The average molecular weight is 429 g/mol. The monoisotopic (exact) mass is 429 g/mol. The van der Waals surface area contributed by atoms with Crippen LogP contribution in [0.25, 0.3) is 22.4 Å². The number of amides is 1. The summed E-state index contributed by atoms with van der Waals surface area (Å²) in [5, 5.41) is 3.73. The van der Waals surface area contributed by atoms with E-state index in [0.717, 1.165) is 18.2 Å². The number of hydrogen-bond donors (Lipinski definition) is 1. The summed E-state index contributed by atoms with van der Waals surface area (Å²) in [7, 11) is 1.72. The van der Waals surface area contributed by atoms with Crippen LogP contribution < -0.4 is 5.32 Å². The van der Waals surface area contributed by atoms with Crippen LogP contribution in [-0.4, -0.2) is 51.8 Å². The number of nitrogens with zero attached hydrogens (tertiary/aromatic N) is 4. The van der Waals surface area contributed by atoms with Crippen LogP contribution in [0, 0.1) is 12.8 Å². The molecule has 164 valence electrons. The summed E-state index contributed by atoms with van der Waals surface area (Å²) in [6.07, 6.45) is 3.76. The first kappa shape index (κ1) is 21.3. The van der Waals surface area contributed by atoms with Crippen LogP contribution in [-0.2, 0) is 4.79 Å². The van der Waals surface area contributed by atoms with Gasteiger partial charge in [0.05, 0.1) is 18.3 Å². The Morgan fingerprint density at radius 1 is 1.23 bits per heavy atom. The van der Waals surface area contributed by atoms with Gasteiger partial charge in [0.1, 0.15) is 11.5 Å². The molecule has 31 heavy (non-hydrogen) atoms. The Bertz CT molecular complexity index is 1060. The number of carbonyl (C=O) groups is 1. The Morgan fingerprint density at radius 3 is 2.68 bits per heavy atom. The van der Waals surface area contributed by atoms with Crippen molar-refractivity contribution < 1.29 is 18.0 Å². The highest BCUT2D eigenvalue weighted by Crippen LogP contribution is 2.29. The molecule has 7 nitrogen and oxygen atoms in total. The van der Waals surface area contributed by atoms with Crippen LogP contribution in [0.3, 0.4) is 0 Å². The van der Waals surface area contributed by atoms with E-state index in [-0.39, 0.29) is 24.4 Å². The summed E-state index contributed by atoms with van der Waals surface area (Å²) >= 11 is 0. The summed E-state index contributed by atoms with van der Waals surface area (Å²) in [5.74, 6) is 1.34. The second kappa shape index (κ2) is 9.05. The molecule has 1 fully saturated rings. The van der Waals surface area contributed by atoms with Gasteiger partial charge in [-0.25, -0.2) is 23.7 Å². The largest absolute Gasteiger partial charge is 0.439 e. The molecule has 0 aliphatic heterocycles. The van der Waals surface area contributed by atoms with E-state index in [4.69, 9.17) is 4.42 Å². The molecule has 4 rings (SSSR count). The molecule has 3 aromatic rings. The van der Waals surface area contributed by atoms with Gasteiger partial charge in [0.2, 0.25) is 5.91 Å². The third kappa shape index (κ3) is 5.04. The number of halogens is 2. The number of anilines is 1. The molecule has 0 radical (unpaired) electrons. The maximum atomic E-state index is 12.7. The minimum Gasteiger partial charge on any atom is -0.439 e. The SMILES string of the molecule is Cc1ncc(-c2ccc3cnc(NC(=O)[C@H]4CC[C@H](N(C)CC(F)F)CC4)cc3n2)o1. The van der Waals surface area contributed by atoms with Gasteiger partial charge in [-0.1, -0.05) is 0 Å². The third-order valence-corrected chi connectivity index (χ3v) is 5.82. The minimum atomic E-state index is -2.34. The van der Waals surface area contributed by atoms with Gasteiger partial charge in [-0.3, -0.25) is 9.69 Å². The molecule has 0 unspecified atom stereocenters. The number of rotatable bonds is 6. The molecule has 1 aliphatic rings. The van der Waals surface area contributed by atoms with Gasteiger partial charge in [0.25, 0.3) is 6.43 Å². The van der Waals surface area contributed by atoms with E-state index in [1.165, 1.54) is 0 Å². The van der Waals surface area contributed by atoms with E-state index in [0.29, 0.717) is 41.5 Å². The second-order valence-corrected chi connectivity index (χ2v) is 8.03. The van der Waals surface area contributed by atoms with Crippen LogP contribution in [0.1, 0.15) is 31.6 Å². The van der Waals surface area contributed by atoms with Crippen molar-refractivity contribution in [3.05, 3.63) is 36.5 Å². The molecule has 1 amide bonds. The predicted molar refractivity (Wildman–Crippen MR) is 113 cm³/mol. The fourth-order valence-electron chi connectivity index (χ4n) is 4.08. The molecule has 0 bridgehead atoms. The number of aryl methyl sites for hydroxylation is 1. The van der Waals surface area contributed by atoms with Crippen LogP contribution in [0.15, 0.2) is 35.0 Å². The molecule has 1 aliphatic carbocycles. The van der Waals surface area contributed by atoms with Gasteiger partial charge in [0, 0.05) is 36.5 Å². The first-order valence-corrected chi connectivity index (χ1v) is 10.4. The number of carbonyl (C=O) groups excluding carboxylic acids is 1. The summed E-state index contributed by atoms with van der Waals surface area (Å²) in [6.45, 7) is 1.54. The van der Waals surface area contributed by atoms with E-state index >= 15 is 0 Å². The first-order chi connectivity index (χ1) is 14.9. The summed E-state index contributed by atoms with van der Waals surface area (Å²) in [6, 6.07) is 5.57. The Balaban J connectivity index is 1.41. The van der Waals surface area contributed by atoms with Crippen molar-refractivity contribution in [2.45, 2.75) is 45.1 Å². The highest BCUT2D eigenvalue weighted by atomic mass is 19.3. The molecule has 0 saturated heterocycles. The number of pyridine rings is 2. The van der Waals surface area contributed by atoms with Crippen molar-refractivity contribution in [2.75, 3.05) is 18.9 Å². The van der Waals surface area contributed by atoms with Crippen LogP contribution in [0.5, 0.6) is 0 Å². The molecular formula is C22H25F2N5O2. The van der Waals surface area contributed by atoms with E-state index in [1.807, 2.05) is 12.1 Å². The fraction of sp³-hybridized carbons (Fsp3) is 0.455. The molecule has 3 heterocycles. The Kier molecular flexibility index (Phi) is 6.22. The van der Waals surface area contributed by atoms with Crippen molar-refractivity contribution in [1.29, 1.82) is 0 Å².